The molecule has 1 fully saturated rings. The summed E-state index contributed by atoms with van der Waals surface area (Å²) in [7, 11) is 1.51. The van der Waals surface area contributed by atoms with Gasteiger partial charge in [-0.15, -0.1) is 10.2 Å². The van der Waals surface area contributed by atoms with Crippen LogP contribution < -0.4 is 9.64 Å². The lowest BCUT2D eigenvalue weighted by Gasteiger charge is -2.21. The average molecular weight is 399 g/mol. The molecule has 0 radical (unpaired) electrons. The number of hydrogen-bond donors (Lipinski definition) is 1. The van der Waals surface area contributed by atoms with E-state index in [0.29, 0.717) is 16.4 Å². The monoisotopic (exact) mass is 399 g/mol. The quantitative estimate of drug-likeness (QED) is 0.411. The molecule has 0 aliphatic carbocycles. The van der Waals surface area contributed by atoms with Crippen LogP contribution >= 0.6 is 22.7 Å². The molecule has 1 aromatic carbocycles. The van der Waals surface area contributed by atoms with Crippen LogP contribution in [-0.2, 0) is 9.59 Å². The molecule has 1 saturated heterocycles. The molecule has 0 saturated carbocycles. The van der Waals surface area contributed by atoms with Gasteiger partial charge >= 0.3 is 5.91 Å². The number of nitrogens with zero attached hydrogens (tertiary/aromatic N) is 3. The van der Waals surface area contributed by atoms with E-state index < -0.39 is 17.7 Å². The summed E-state index contributed by atoms with van der Waals surface area (Å²) in [5.74, 6) is -1.23. The van der Waals surface area contributed by atoms with Crippen LogP contribution in [-0.4, -0.2) is 34.1 Å². The highest BCUT2D eigenvalue weighted by Crippen LogP contribution is 2.43. The molecular formula is C18H13N3O4S2. The zero-order valence-electron chi connectivity index (χ0n) is 14.0. The molecule has 3 heterocycles. The summed E-state index contributed by atoms with van der Waals surface area (Å²) in [5, 5.41) is 22.6. The van der Waals surface area contributed by atoms with E-state index in [-0.39, 0.29) is 11.3 Å². The first-order valence-corrected chi connectivity index (χ1v) is 9.67. The lowest BCUT2D eigenvalue weighted by Crippen LogP contribution is -2.29. The Hall–Kier alpha value is -3.04. The molecule has 1 amide bonds. The number of anilines is 1. The van der Waals surface area contributed by atoms with Gasteiger partial charge in [-0.3, -0.25) is 14.5 Å². The SMILES string of the molecule is COc1cccc(/C(O)=C2\C(=O)C(=O)N(c3nncs3)C2c2ccsc2)c1. The first-order chi connectivity index (χ1) is 13.1. The van der Waals surface area contributed by atoms with E-state index in [9.17, 15) is 14.7 Å². The molecule has 9 heteroatoms. The van der Waals surface area contributed by atoms with Gasteiger partial charge in [-0.2, -0.15) is 11.3 Å². The van der Waals surface area contributed by atoms with Crippen molar-refractivity contribution in [3.05, 3.63) is 63.3 Å². The summed E-state index contributed by atoms with van der Waals surface area (Å²) in [6, 6.07) is 7.74. The van der Waals surface area contributed by atoms with E-state index in [1.54, 1.807) is 24.3 Å². The Labute approximate surface area is 162 Å². The van der Waals surface area contributed by atoms with E-state index in [0.717, 1.165) is 16.9 Å². The molecule has 4 rings (SSSR count). The Balaban J connectivity index is 1.92. The molecule has 3 aromatic rings. The number of benzene rings is 1. The summed E-state index contributed by atoms with van der Waals surface area (Å²) in [4.78, 5) is 26.8. The molecule has 27 heavy (non-hydrogen) atoms. The topological polar surface area (TPSA) is 92.6 Å². The van der Waals surface area contributed by atoms with Crippen LogP contribution in [0.5, 0.6) is 5.75 Å². The number of ether oxygens (including phenoxy) is 1. The molecule has 0 bridgehead atoms. The third-order valence-electron chi connectivity index (χ3n) is 4.20. The minimum atomic E-state index is -0.768. The van der Waals surface area contributed by atoms with Crippen LogP contribution in [0.25, 0.3) is 5.76 Å². The summed E-state index contributed by atoms with van der Waals surface area (Å²) in [6.45, 7) is 0. The van der Waals surface area contributed by atoms with E-state index >= 15 is 0 Å². The van der Waals surface area contributed by atoms with Gasteiger partial charge in [0.2, 0.25) is 5.13 Å². The first kappa shape index (κ1) is 17.4. The molecule has 1 N–H and O–H groups in total. The number of aliphatic hydroxyl groups is 1. The van der Waals surface area contributed by atoms with Gasteiger partial charge in [-0.1, -0.05) is 23.5 Å². The standard InChI is InChI=1S/C18H13N3O4S2/c1-25-12-4-2-3-10(7-12)15(22)13-14(11-5-6-26-8-11)21(17(24)16(13)23)18-20-19-9-27-18/h2-9,14,22H,1H3/b15-13+. The minimum absolute atomic E-state index is 0.0156. The van der Waals surface area contributed by atoms with Crippen molar-refractivity contribution >= 4 is 45.3 Å². The van der Waals surface area contributed by atoms with Crippen molar-refractivity contribution in [2.75, 3.05) is 12.0 Å². The molecule has 2 aromatic heterocycles. The average Bonchev–Trinajstić information content (AvgIpc) is 3.43. The maximum absolute atomic E-state index is 12.8. The number of hydrogen-bond acceptors (Lipinski definition) is 8. The van der Waals surface area contributed by atoms with Crippen molar-refractivity contribution < 1.29 is 19.4 Å². The Morgan fingerprint density at radius 2 is 2.15 bits per heavy atom. The number of rotatable bonds is 4. The van der Waals surface area contributed by atoms with Crippen molar-refractivity contribution in [1.29, 1.82) is 0 Å². The Morgan fingerprint density at radius 1 is 1.30 bits per heavy atom. The normalized spacial score (nSPS) is 18.9. The number of methoxy groups -OCH3 is 1. The molecule has 1 aliphatic rings. The van der Waals surface area contributed by atoms with Crippen molar-refractivity contribution in [1.82, 2.24) is 10.2 Å². The van der Waals surface area contributed by atoms with Crippen LogP contribution in [0.15, 0.2) is 52.2 Å². The molecule has 1 aliphatic heterocycles. The summed E-state index contributed by atoms with van der Waals surface area (Å²) >= 11 is 2.59. The lowest BCUT2D eigenvalue weighted by molar-refractivity contribution is -0.132. The third kappa shape index (κ3) is 2.90. The lowest BCUT2D eigenvalue weighted by atomic mass is 9.97. The second-order valence-corrected chi connectivity index (χ2v) is 7.27. The zero-order valence-corrected chi connectivity index (χ0v) is 15.7. The molecule has 1 unspecified atom stereocenters. The number of carbonyl (C=O) groups is 2. The minimum Gasteiger partial charge on any atom is -0.507 e. The highest BCUT2D eigenvalue weighted by atomic mass is 32.1. The van der Waals surface area contributed by atoms with E-state index in [1.165, 1.54) is 28.9 Å². The first-order valence-electron chi connectivity index (χ1n) is 7.85. The van der Waals surface area contributed by atoms with Crippen molar-refractivity contribution in [3.8, 4) is 5.75 Å². The number of Topliss-reactive ketones (excluding diaryl/α,β-unsaturated/α-hetero) is 1. The Morgan fingerprint density at radius 3 is 2.81 bits per heavy atom. The number of aromatic nitrogens is 2. The van der Waals surface area contributed by atoms with Gasteiger partial charge in [0.25, 0.3) is 5.78 Å². The second kappa shape index (κ2) is 6.93. The largest absolute Gasteiger partial charge is 0.507 e. The van der Waals surface area contributed by atoms with Gasteiger partial charge < -0.3 is 9.84 Å². The van der Waals surface area contributed by atoms with Crippen LogP contribution in [0.3, 0.4) is 0 Å². The molecule has 136 valence electrons. The predicted octanol–water partition coefficient (Wildman–Crippen LogP) is 3.23. The number of thiophene rings is 1. The van der Waals surface area contributed by atoms with Gasteiger partial charge in [0.1, 0.15) is 17.0 Å². The van der Waals surface area contributed by atoms with Gasteiger partial charge in [0.15, 0.2) is 0 Å². The highest BCUT2D eigenvalue weighted by molar-refractivity contribution is 7.13. The predicted molar refractivity (Wildman–Crippen MR) is 102 cm³/mol. The second-order valence-electron chi connectivity index (χ2n) is 5.68. The van der Waals surface area contributed by atoms with Gasteiger partial charge in [-0.05, 0) is 34.5 Å². The van der Waals surface area contributed by atoms with Crippen LogP contribution in [0.2, 0.25) is 0 Å². The highest BCUT2D eigenvalue weighted by Gasteiger charge is 2.48. The Kier molecular flexibility index (Phi) is 4.46. The molecular weight excluding hydrogens is 386 g/mol. The van der Waals surface area contributed by atoms with E-state index in [2.05, 4.69) is 10.2 Å². The van der Waals surface area contributed by atoms with Crippen molar-refractivity contribution in [3.63, 3.8) is 0 Å². The van der Waals surface area contributed by atoms with Gasteiger partial charge in [0.05, 0.1) is 18.7 Å². The number of amides is 1. The van der Waals surface area contributed by atoms with Crippen LogP contribution in [0.1, 0.15) is 17.2 Å². The van der Waals surface area contributed by atoms with Crippen LogP contribution in [0.4, 0.5) is 5.13 Å². The van der Waals surface area contributed by atoms with Gasteiger partial charge in [0, 0.05) is 5.56 Å². The maximum Gasteiger partial charge on any atom is 0.301 e. The number of aliphatic hydroxyl groups excluding tert-OH is 1. The van der Waals surface area contributed by atoms with Crippen molar-refractivity contribution in [2.45, 2.75) is 6.04 Å². The molecule has 1 atom stereocenters. The summed E-state index contributed by atoms with van der Waals surface area (Å²) in [6.07, 6.45) is 0. The van der Waals surface area contributed by atoms with Crippen molar-refractivity contribution in [2.24, 2.45) is 0 Å². The third-order valence-corrected chi connectivity index (χ3v) is 5.59. The van der Waals surface area contributed by atoms with Gasteiger partial charge in [-0.25, -0.2) is 0 Å². The van der Waals surface area contributed by atoms with E-state index in [4.69, 9.17) is 4.74 Å². The smallest absolute Gasteiger partial charge is 0.301 e. The van der Waals surface area contributed by atoms with E-state index in [1.807, 2.05) is 16.8 Å². The van der Waals surface area contributed by atoms with Crippen LogP contribution in [0, 0.1) is 0 Å². The summed E-state index contributed by atoms with van der Waals surface area (Å²) in [5.41, 5.74) is 2.62. The Bertz CT molecular complexity index is 1030. The molecule has 0 spiro atoms. The fourth-order valence-corrected chi connectivity index (χ4v) is 4.24. The zero-order chi connectivity index (χ0) is 19.0. The maximum atomic E-state index is 12.8. The fourth-order valence-electron chi connectivity index (χ4n) is 2.97. The number of carbonyl (C=O) groups excluding carboxylic acids is 2. The summed E-state index contributed by atoms with van der Waals surface area (Å²) < 4.78 is 5.18. The number of ketones is 1. The molecule has 7 nitrogen and oxygen atoms in total. The fraction of sp³-hybridized carbons (Fsp3) is 0.111.